The molecule has 0 atom stereocenters. The number of aryl methyl sites for hydroxylation is 1. The Labute approximate surface area is 99.6 Å². The first kappa shape index (κ1) is 10.7. The average molecular weight is 247 g/mol. The number of H-pyrrole nitrogens is 2. The number of rotatable bonds is 1. The van der Waals surface area contributed by atoms with Crippen LogP contribution in [0.15, 0.2) is 15.7 Å². The summed E-state index contributed by atoms with van der Waals surface area (Å²) in [5.74, 6) is 0. The molecule has 7 heteroatoms. The molecular formula is C11H9N3O4. The zero-order valence-electron chi connectivity index (χ0n) is 9.28. The van der Waals surface area contributed by atoms with Gasteiger partial charge < -0.3 is 9.97 Å². The molecule has 3 rings (SSSR count). The molecule has 1 aromatic heterocycles. The zero-order valence-corrected chi connectivity index (χ0v) is 9.28. The zero-order chi connectivity index (χ0) is 12.9. The fourth-order valence-corrected chi connectivity index (χ4v) is 2.50. The lowest BCUT2D eigenvalue weighted by atomic mass is 10.1. The quantitative estimate of drug-likeness (QED) is 0.437. The van der Waals surface area contributed by atoms with Crippen LogP contribution in [0.4, 0.5) is 5.69 Å². The lowest BCUT2D eigenvalue weighted by molar-refractivity contribution is -0.383. The third kappa shape index (κ3) is 1.37. The predicted octanol–water partition coefficient (Wildman–Crippen LogP) is 0.613. The molecule has 1 aliphatic carbocycles. The van der Waals surface area contributed by atoms with Gasteiger partial charge in [-0.05, 0) is 30.9 Å². The molecule has 1 heterocycles. The third-order valence-electron chi connectivity index (χ3n) is 3.25. The summed E-state index contributed by atoms with van der Waals surface area (Å²) in [5, 5.41) is 11.2. The molecule has 0 spiro atoms. The van der Waals surface area contributed by atoms with Crippen molar-refractivity contribution >= 4 is 16.7 Å². The average Bonchev–Trinajstić information content (AvgIpc) is 2.74. The molecule has 0 bridgehead atoms. The van der Waals surface area contributed by atoms with Crippen molar-refractivity contribution in [2.24, 2.45) is 0 Å². The Morgan fingerprint density at radius 1 is 1.17 bits per heavy atom. The smallest absolute Gasteiger partial charge is 0.314 e. The van der Waals surface area contributed by atoms with Gasteiger partial charge in [-0.3, -0.25) is 19.7 Å². The maximum atomic E-state index is 11.3. The van der Waals surface area contributed by atoms with E-state index in [-0.39, 0.29) is 11.2 Å². The number of hydrogen-bond donors (Lipinski definition) is 2. The van der Waals surface area contributed by atoms with E-state index < -0.39 is 16.0 Å². The third-order valence-corrected chi connectivity index (χ3v) is 3.25. The number of nitrogens with zero attached hydrogens (tertiary/aromatic N) is 1. The number of nitro groups is 1. The summed E-state index contributed by atoms with van der Waals surface area (Å²) in [6.45, 7) is 0. The first-order valence-electron chi connectivity index (χ1n) is 5.53. The molecule has 18 heavy (non-hydrogen) atoms. The second-order valence-electron chi connectivity index (χ2n) is 4.30. The second-order valence-corrected chi connectivity index (χ2v) is 4.30. The van der Waals surface area contributed by atoms with Gasteiger partial charge in [0.1, 0.15) is 5.52 Å². The Kier molecular flexibility index (Phi) is 2.09. The number of hydrogen-bond acceptors (Lipinski definition) is 4. The number of aromatic amines is 2. The molecule has 1 aliphatic rings. The van der Waals surface area contributed by atoms with Gasteiger partial charge in [-0.1, -0.05) is 0 Å². The summed E-state index contributed by atoms with van der Waals surface area (Å²) in [5.41, 5.74) is 0.191. The Morgan fingerprint density at radius 3 is 2.61 bits per heavy atom. The van der Waals surface area contributed by atoms with Crippen molar-refractivity contribution in [1.82, 2.24) is 9.97 Å². The summed E-state index contributed by atoms with van der Waals surface area (Å²) >= 11 is 0. The van der Waals surface area contributed by atoms with Crippen LogP contribution in [0.1, 0.15) is 17.5 Å². The van der Waals surface area contributed by atoms with Crippen molar-refractivity contribution in [3.05, 3.63) is 48.0 Å². The Hall–Kier alpha value is -2.44. The van der Waals surface area contributed by atoms with E-state index in [1.807, 2.05) is 0 Å². The van der Waals surface area contributed by atoms with E-state index in [9.17, 15) is 19.7 Å². The molecule has 92 valence electrons. The molecule has 0 saturated carbocycles. The van der Waals surface area contributed by atoms with Gasteiger partial charge in [-0.15, -0.1) is 0 Å². The molecule has 0 amide bonds. The standard InChI is InChI=1S/C11H9N3O4/c15-10-11(16)13-8-7(12-10)4-5-2-1-3-6(5)9(8)14(17)18/h4H,1-3H2,(H,12,15)(H,13,16). The van der Waals surface area contributed by atoms with Gasteiger partial charge in [0.05, 0.1) is 10.4 Å². The van der Waals surface area contributed by atoms with Gasteiger partial charge in [0.15, 0.2) is 0 Å². The molecule has 0 saturated heterocycles. The van der Waals surface area contributed by atoms with Crippen molar-refractivity contribution in [3.63, 3.8) is 0 Å². The largest absolute Gasteiger partial charge is 0.316 e. The summed E-state index contributed by atoms with van der Waals surface area (Å²) in [4.78, 5) is 37.9. The number of fused-ring (bicyclic) bond motifs is 2. The van der Waals surface area contributed by atoms with Gasteiger partial charge in [-0.2, -0.15) is 0 Å². The van der Waals surface area contributed by atoms with Gasteiger partial charge >= 0.3 is 11.1 Å². The lowest BCUT2D eigenvalue weighted by Crippen LogP contribution is -2.29. The van der Waals surface area contributed by atoms with Gasteiger partial charge in [0.2, 0.25) is 0 Å². The summed E-state index contributed by atoms with van der Waals surface area (Å²) in [7, 11) is 0. The highest BCUT2D eigenvalue weighted by Gasteiger charge is 2.26. The minimum atomic E-state index is -0.872. The molecule has 0 aliphatic heterocycles. The summed E-state index contributed by atoms with van der Waals surface area (Å²) < 4.78 is 0. The Bertz CT molecular complexity index is 787. The van der Waals surface area contributed by atoms with Crippen LogP contribution in [-0.4, -0.2) is 14.9 Å². The minimum absolute atomic E-state index is 0.0895. The van der Waals surface area contributed by atoms with Crippen molar-refractivity contribution in [1.29, 1.82) is 0 Å². The maximum absolute atomic E-state index is 11.3. The normalized spacial score (nSPS) is 13.8. The van der Waals surface area contributed by atoms with E-state index >= 15 is 0 Å². The predicted molar refractivity (Wildman–Crippen MR) is 63.9 cm³/mol. The van der Waals surface area contributed by atoms with Crippen molar-refractivity contribution in [2.45, 2.75) is 19.3 Å². The molecule has 1 aromatic carbocycles. The van der Waals surface area contributed by atoms with Gasteiger partial charge in [0, 0.05) is 5.56 Å². The van der Waals surface area contributed by atoms with Crippen LogP contribution in [0, 0.1) is 10.1 Å². The van der Waals surface area contributed by atoms with Crippen LogP contribution in [0.3, 0.4) is 0 Å². The Balaban J connectivity index is 2.54. The van der Waals surface area contributed by atoms with Crippen LogP contribution in [0.5, 0.6) is 0 Å². The highest BCUT2D eigenvalue weighted by molar-refractivity contribution is 5.87. The summed E-state index contributed by atoms with van der Waals surface area (Å²) in [6.07, 6.45) is 2.23. The van der Waals surface area contributed by atoms with Crippen LogP contribution < -0.4 is 11.1 Å². The van der Waals surface area contributed by atoms with Crippen molar-refractivity contribution in [3.8, 4) is 0 Å². The van der Waals surface area contributed by atoms with Crippen LogP contribution in [-0.2, 0) is 12.8 Å². The first-order chi connectivity index (χ1) is 8.58. The van der Waals surface area contributed by atoms with Gasteiger partial charge in [-0.25, -0.2) is 0 Å². The fourth-order valence-electron chi connectivity index (χ4n) is 2.50. The van der Waals surface area contributed by atoms with Crippen LogP contribution in [0.2, 0.25) is 0 Å². The second kappa shape index (κ2) is 3.52. The highest BCUT2D eigenvalue weighted by atomic mass is 16.6. The number of nitro benzene ring substituents is 1. The monoisotopic (exact) mass is 247 g/mol. The molecular weight excluding hydrogens is 238 g/mol. The topological polar surface area (TPSA) is 109 Å². The molecule has 2 aromatic rings. The highest BCUT2D eigenvalue weighted by Crippen LogP contribution is 2.34. The summed E-state index contributed by atoms with van der Waals surface area (Å²) in [6, 6.07) is 1.71. The molecule has 7 nitrogen and oxygen atoms in total. The van der Waals surface area contributed by atoms with Crippen molar-refractivity contribution in [2.75, 3.05) is 0 Å². The molecule has 0 radical (unpaired) electrons. The van der Waals surface area contributed by atoms with Crippen LogP contribution >= 0.6 is 0 Å². The molecule has 0 fully saturated rings. The first-order valence-corrected chi connectivity index (χ1v) is 5.53. The van der Waals surface area contributed by atoms with E-state index in [0.717, 1.165) is 18.4 Å². The maximum Gasteiger partial charge on any atom is 0.314 e. The van der Waals surface area contributed by atoms with Crippen LogP contribution in [0.25, 0.3) is 11.0 Å². The Morgan fingerprint density at radius 2 is 1.89 bits per heavy atom. The van der Waals surface area contributed by atoms with E-state index in [4.69, 9.17) is 0 Å². The van der Waals surface area contributed by atoms with E-state index in [2.05, 4.69) is 9.97 Å². The lowest BCUT2D eigenvalue weighted by Gasteiger charge is -2.05. The number of benzene rings is 1. The number of nitrogens with one attached hydrogen (secondary N) is 2. The number of aromatic nitrogens is 2. The SMILES string of the molecule is O=c1[nH]c2cc3c(c([N+](=O)[O-])c2[nH]c1=O)CCC3. The van der Waals surface area contributed by atoms with Crippen molar-refractivity contribution < 1.29 is 4.92 Å². The molecule has 0 unspecified atom stereocenters. The minimum Gasteiger partial charge on any atom is -0.316 e. The fraction of sp³-hybridized carbons (Fsp3) is 0.273. The van der Waals surface area contributed by atoms with E-state index in [0.29, 0.717) is 17.5 Å². The molecule has 2 N–H and O–H groups in total. The van der Waals surface area contributed by atoms with E-state index in [1.54, 1.807) is 6.07 Å². The van der Waals surface area contributed by atoms with E-state index in [1.165, 1.54) is 0 Å². The van der Waals surface area contributed by atoms with Gasteiger partial charge in [0.25, 0.3) is 5.69 Å².